The number of halogens is 1. The van der Waals surface area contributed by atoms with Crippen LogP contribution < -0.4 is 10.3 Å². The molecule has 0 spiro atoms. The highest BCUT2D eigenvalue weighted by Gasteiger charge is 2.08. The number of rotatable bonds is 5. The van der Waals surface area contributed by atoms with Gasteiger partial charge in [-0.2, -0.15) is 0 Å². The van der Waals surface area contributed by atoms with Crippen molar-refractivity contribution in [3.05, 3.63) is 56.2 Å². The predicted molar refractivity (Wildman–Crippen MR) is 80.9 cm³/mol. The third-order valence-corrected chi connectivity index (χ3v) is 3.37. The largest absolute Gasteiger partial charge is 0.485 e. The number of aromatic amines is 1. The van der Waals surface area contributed by atoms with E-state index in [0.29, 0.717) is 34.3 Å². The van der Waals surface area contributed by atoms with Gasteiger partial charge in [-0.1, -0.05) is 11.6 Å². The molecule has 0 fully saturated rings. The lowest BCUT2D eigenvalue weighted by atomic mass is 10.2. The van der Waals surface area contributed by atoms with Crippen molar-refractivity contribution in [3.8, 4) is 5.75 Å². The van der Waals surface area contributed by atoms with Gasteiger partial charge in [0, 0.05) is 29.3 Å². The molecular formula is C15H17ClN2O3. The van der Waals surface area contributed by atoms with E-state index in [9.17, 15) is 4.79 Å². The lowest BCUT2D eigenvalue weighted by Crippen LogP contribution is -2.21. The number of aryl methyl sites for hydroxylation is 2. The lowest BCUT2D eigenvalue weighted by molar-refractivity contribution is 0.291. The Labute approximate surface area is 127 Å². The Kier molecular flexibility index (Phi) is 4.98. The van der Waals surface area contributed by atoms with Crippen LogP contribution >= 0.6 is 11.6 Å². The van der Waals surface area contributed by atoms with E-state index < -0.39 is 0 Å². The van der Waals surface area contributed by atoms with Crippen LogP contribution in [0.1, 0.15) is 22.6 Å². The standard InChI is InChI=1S/C15H17ClN2O3/c1-9-7-11(16)3-4-13(9)21-8-14-17-10(2)12(5-6-19)15(20)18-14/h3-4,7,19H,5-6,8H2,1-2H3,(H,17,18,20). The number of ether oxygens (including phenoxy) is 1. The second-order valence-electron chi connectivity index (χ2n) is 4.75. The van der Waals surface area contributed by atoms with E-state index in [-0.39, 0.29) is 18.8 Å². The zero-order valence-electron chi connectivity index (χ0n) is 11.9. The second kappa shape index (κ2) is 6.74. The van der Waals surface area contributed by atoms with E-state index in [1.807, 2.05) is 13.0 Å². The molecule has 0 radical (unpaired) electrons. The maximum Gasteiger partial charge on any atom is 0.254 e. The first-order valence-corrected chi connectivity index (χ1v) is 6.97. The highest BCUT2D eigenvalue weighted by atomic mass is 35.5. The zero-order chi connectivity index (χ0) is 15.4. The molecule has 1 aromatic carbocycles. The van der Waals surface area contributed by atoms with Gasteiger partial charge >= 0.3 is 0 Å². The molecule has 6 heteroatoms. The molecule has 0 amide bonds. The molecule has 1 heterocycles. The smallest absolute Gasteiger partial charge is 0.254 e. The van der Waals surface area contributed by atoms with Crippen LogP contribution in [0.25, 0.3) is 0 Å². The number of aliphatic hydroxyl groups is 1. The quantitative estimate of drug-likeness (QED) is 0.887. The van der Waals surface area contributed by atoms with Gasteiger partial charge in [0.15, 0.2) is 0 Å². The van der Waals surface area contributed by atoms with Gasteiger partial charge in [-0.15, -0.1) is 0 Å². The van der Waals surface area contributed by atoms with Gasteiger partial charge in [-0.25, -0.2) is 4.98 Å². The van der Waals surface area contributed by atoms with Gasteiger partial charge in [0.2, 0.25) is 0 Å². The molecule has 2 aromatic rings. The second-order valence-corrected chi connectivity index (χ2v) is 5.19. The van der Waals surface area contributed by atoms with Crippen molar-refractivity contribution in [1.82, 2.24) is 9.97 Å². The van der Waals surface area contributed by atoms with Crippen LogP contribution in [0.15, 0.2) is 23.0 Å². The monoisotopic (exact) mass is 308 g/mol. The van der Waals surface area contributed by atoms with E-state index in [1.165, 1.54) is 0 Å². The van der Waals surface area contributed by atoms with E-state index in [1.54, 1.807) is 19.1 Å². The maximum atomic E-state index is 11.9. The van der Waals surface area contributed by atoms with Crippen molar-refractivity contribution in [1.29, 1.82) is 0 Å². The Morgan fingerprint density at radius 3 is 2.76 bits per heavy atom. The maximum absolute atomic E-state index is 11.9. The summed E-state index contributed by atoms with van der Waals surface area (Å²) in [6, 6.07) is 5.33. The summed E-state index contributed by atoms with van der Waals surface area (Å²) in [5.74, 6) is 1.15. The fourth-order valence-corrected chi connectivity index (χ4v) is 2.29. The van der Waals surface area contributed by atoms with Crippen LogP contribution in [-0.4, -0.2) is 21.7 Å². The van der Waals surface area contributed by atoms with Crippen LogP contribution in [0.4, 0.5) is 0 Å². The summed E-state index contributed by atoms with van der Waals surface area (Å²) in [4.78, 5) is 18.9. The molecule has 0 aliphatic heterocycles. The van der Waals surface area contributed by atoms with Crippen molar-refractivity contribution < 1.29 is 9.84 Å². The van der Waals surface area contributed by atoms with Crippen molar-refractivity contribution in [2.45, 2.75) is 26.9 Å². The highest BCUT2D eigenvalue weighted by Crippen LogP contribution is 2.22. The van der Waals surface area contributed by atoms with Crippen LogP contribution in [0, 0.1) is 13.8 Å². The van der Waals surface area contributed by atoms with E-state index >= 15 is 0 Å². The molecule has 21 heavy (non-hydrogen) atoms. The molecule has 112 valence electrons. The molecule has 0 atom stereocenters. The zero-order valence-corrected chi connectivity index (χ0v) is 12.7. The fourth-order valence-electron chi connectivity index (χ4n) is 2.06. The van der Waals surface area contributed by atoms with E-state index in [2.05, 4.69) is 9.97 Å². The van der Waals surface area contributed by atoms with Gasteiger partial charge in [-0.3, -0.25) is 4.79 Å². The summed E-state index contributed by atoms with van der Waals surface area (Å²) in [5, 5.41) is 9.58. The summed E-state index contributed by atoms with van der Waals surface area (Å²) >= 11 is 5.89. The van der Waals surface area contributed by atoms with Gasteiger partial charge < -0.3 is 14.8 Å². The van der Waals surface area contributed by atoms with Gasteiger partial charge in [0.1, 0.15) is 18.2 Å². The summed E-state index contributed by atoms with van der Waals surface area (Å²) in [6.45, 7) is 3.73. The van der Waals surface area contributed by atoms with Gasteiger partial charge in [0.05, 0.1) is 0 Å². The number of aliphatic hydroxyl groups excluding tert-OH is 1. The molecule has 0 aliphatic rings. The molecule has 2 rings (SSSR count). The molecular weight excluding hydrogens is 292 g/mol. The Balaban J connectivity index is 2.15. The van der Waals surface area contributed by atoms with Gasteiger partial charge in [-0.05, 0) is 37.6 Å². The third kappa shape index (κ3) is 3.83. The first-order chi connectivity index (χ1) is 10.0. The lowest BCUT2D eigenvalue weighted by Gasteiger charge is -2.10. The van der Waals surface area contributed by atoms with Crippen LogP contribution in [0.5, 0.6) is 5.75 Å². The number of aromatic nitrogens is 2. The normalized spacial score (nSPS) is 10.7. The molecule has 0 saturated heterocycles. The summed E-state index contributed by atoms with van der Waals surface area (Å²) in [5.41, 5.74) is 1.80. The minimum absolute atomic E-state index is 0.0780. The number of hydrogen-bond donors (Lipinski definition) is 2. The molecule has 0 unspecified atom stereocenters. The topological polar surface area (TPSA) is 75.2 Å². The SMILES string of the molecule is Cc1cc(Cl)ccc1OCc1nc(C)c(CCO)c(=O)[nH]1. The highest BCUT2D eigenvalue weighted by molar-refractivity contribution is 6.30. The Morgan fingerprint density at radius 1 is 1.38 bits per heavy atom. The fraction of sp³-hybridized carbons (Fsp3) is 0.333. The average molecular weight is 309 g/mol. The van der Waals surface area contributed by atoms with Crippen LogP contribution in [0.3, 0.4) is 0 Å². The number of benzene rings is 1. The minimum Gasteiger partial charge on any atom is -0.485 e. The van der Waals surface area contributed by atoms with Crippen molar-refractivity contribution in [3.63, 3.8) is 0 Å². The number of hydrogen-bond acceptors (Lipinski definition) is 4. The molecule has 1 aromatic heterocycles. The minimum atomic E-state index is -0.233. The molecule has 0 aliphatic carbocycles. The van der Waals surface area contributed by atoms with Crippen LogP contribution in [-0.2, 0) is 13.0 Å². The first kappa shape index (κ1) is 15.5. The van der Waals surface area contributed by atoms with Gasteiger partial charge in [0.25, 0.3) is 5.56 Å². The number of nitrogens with one attached hydrogen (secondary N) is 1. The molecule has 0 saturated carbocycles. The predicted octanol–water partition coefficient (Wildman–Crippen LogP) is 2.15. The molecule has 5 nitrogen and oxygen atoms in total. The Hall–Kier alpha value is -1.85. The first-order valence-electron chi connectivity index (χ1n) is 6.59. The van der Waals surface area contributed by atoms with Crippen LogP contribution in [0.2, 0.25) is 5.02 Å². The van der Waals surface area contributed by atoms with E-state index in [4.69, 9.17) is 21.4 Å². The Morgan fingerprint density at radius 2 is 2.14 bits per heavy atom. The summed E-state index contributed by atoms with van der Waals surface area (Å²) < 4.78 is 5.65. The van der Waals surface area contributed by atoms with Crippen molar-refractivity contribution >= 4 is 11.6 Å². The molecule has 0 bridgehead atoms. The number of nitrogens with zero attached hydrogens (tertiary/aromatic N) is 1. The van der Waals surface area contributed by atoms with Crippen molar-refractivity contribution in [2.75, 3.05) is 6.61 Å². The van der Waals surface area contributed by atoms with Crippen molar-refractivity contribution in [2.24, 2.45) is 0 Å². The Bertz CT molecular complexity index is 698. The summed E-state index contributed by atoms with van der Waals surface area (Å²) in [6.07, 6.45) is 0.297. The average Bonchev–Trinajstić information content (AvgIpc) is 2.42. The van der Waals surface area contributed by atoms with E-state index in [0.717, 1.165) is 5.56 Å². The summed E-state index contributed by atoms with van der Waals surface area (Å²) in [7, 11) is 0. The number of H-pyrrole nitrogens is 1. The third-order valence-electron chi connectivity index (χ3n) is 3.13. The molecule has 2 N–H and O–H groups in total.